The number of benzene rings is 1. The molecule has 0 amide bonds. The number of nitrogens with one attached hydrogen (secondary N) is 2. The third-order valence-corrected chi connectivity index (χ3v) is 3.87. The molecule has 2 aromatic rings. The second-order valence-corrected chi connectivity index (χ2v) is 5.94. The van der Waals surface area contributed by atoms with Crippen molar-refractivity contribution in [3.63, 3.8) is 0 Å². The molecule has 0 saturated carbocycles. The van der Waals surface area contributed by atoms with Crippen LogP contribution in [0.2, 0.25) is 0 Å². The van der Waals surface area contributed by atoms with Gasteiger partial charge in [-0.2, -0.15) is 0 Å². The maximum Gasteiger partial charge on any atom is 0.226 e. The Morgan fingerprint density at radius 2 is 1.96 bits per heavy atom. The van der Waals surface area contributed by atoms with Crippen LogP contribution in [0.3, 0.4) is 0 Å². The molecule has 25 heavy (non-hydrogen) atoms. The first-order chi connectivity index (χ1) is 11.6. The lowest BCUT2D eigenvalue weighted by atomic mass is 10.2. The average Bonchev–Trinajstić information content (AvgIpc) is 3.07. The van der Waals surface area contributed by atoms with E-state index in [4.69, 9.17) is 4.42 Å². The molecular formula is C18H28IN5O. The molecule has 0 radical (unpaired) electrons. The molecule has 138 valence electrons. The second-order valence-electron chi connectivity index (χ2n) is 5.94. The minimum Gasteiger partial charge on any atom is -0.444 e. The van der Waals surface area contributed by atoms with Crippen LogP contribution < -0.4 is 10.6 Å². The van der Waals surface area contributed by atoms with Crippen LogP contribution in [0.1, 0.15) is 19.5 Å². The monoisotopic (exact) mass is 457 g/mol. The van der Waals surface area contributed by atoms with E-state index in [-0.39, 0.29) is 24.0 Å². The third kappa shape index (κ3) is 7.03. The van der Waals surface area contributed by atoms with E-state index in [0.717, 1.165) is 30.3 Å². The topological polar surface area (TPSA) is 65.7 Å². The van der Waals surface area contributed by atoms with Gasteiger partial charge in [0.2, 0.25) is 5.89 Å². The Kier molecular flexibility index (Phi) is 9.51. The highest BCUT2D eigenvalue weighted by molar-refractivity contribution is 14.0. The molecule has 0 aliphatic rings. The Morgan fingerprint density at radius 3 is 2.60 bits per heavy atom. The van der Waals surface area contributed by atoms with Gasteiger partial charge in [-0.3, -0.25) is 4.99 Å². The van der Waals surface area contributed by atoms with Crippen LogP contribution in [0.5, 0.6) is 0 Å². The van der Waals surface area contributed by atoms with Crippen LogP contribution in [-0.2, 0) is 6.54 Å². The van der Waals surface area contributed by atoms with Crippen molar-refractivity contribution in [2.24, 2.45) is 4.99 Å². The largest absolute Gasteiger partial charge is 0.444 e. The van der Waals surface area contributed by atoms with Crippen molar-refractivity contribution in [3.05, 3.63) is 42.3 Å². The van der Waals surface area contributed by atoms with Crippen LogP contribution in [0.4, 0.5) is 0 Å². The van der Waals surface area contributed by atoms with Gasteiger partial charge in [-0.15, -0.1) is 24.0 Å². The summed E-state index contributed by atoms with van der Waals surface area (Å²) in [5.41, 5.74) is 1.82. The summed E-state index contributed by atoms with van der Waals surface area (Å²) >= 11 is 0. The fourth-order valence-corrected chi connectivity index (χ4v) is 2.11. The summed E-state index contributed by atoms with van der Waals surface area (Å²) in [6, 6.07) is 10.4. The second kappa shape index (κ2) is 11.1. The summed E-state index contributed by atoms with van der Waals surface area (Å²) in [6.45, 7) is 6.73. The molecule has 2 rings (SSSR count). The SMILES string of the molecule is CN=C(NCCN(C)C(C)C)NCc1coc(-c2ccccc2)n1.I. The van der Waals surface area contributed by atoms with E-state index in [1.807, 2.05) is 30.3 Å². The number of guanidine groups is 1. The molecule has 0 bridgehead atoms. The van der Waals surface area contributed by atoms with Crippen molar-refractivity contribution < 1.29 is 4.42 Å². The molecule has 0 aliphatic carbocycles. The summed E-state index contributed by atoms with van der Waals surface area (Å²) in [7, 11) is 3.88. The summed E-state index contributed by atoms with van der Waals surface area (Å²) in [5.74, 6) is 1.39. The van der Waals surface area contributed by atoms with E-state index in [0.29, 0.717) is 18.5 Å². The predicted molar refractivity (Wildman–Crippen MR) is 113 cm³/mol. The number of hydrogen-bond donors (Lipinski definition) is 2. The number of aliphatic imine (C=N–C) groups is 1. The molecule has 1 heterocycles. The Balaban J connectivity index is 0.00000312. The molecule has 0 saturated heterocycles. The van der Waals surface area contributed by atoms with Gasteiger partial charge in [0.15, 0.2) is 5.96 Å². The minimum absolute atomic E-state index is 0. The fraction of sp³-hybridized carbons (Fsp3) is 0.444. The van der Waals surface area contributed by atoms with Crippen LogP contribution in [0.25, 0.3) is 11.5 Å². The zero-order valence-corrected chi connectivity index (χ0v) is 17.7. The van der Waals surface area contributed by atoms with Crippen molar-refractivity contribution in [1.29, 1.82) is 0 Å². The first-order valence-corrected chi connectivity index (χ1v) is 8.24. The molecule has 0 aliphatic heterocycles. The fourth-order valence-electron chi connectivity index (χ4n) is 2.11. The van der Waals surface area contributed by atoms with Crippen molar-refractivity contribution in [2.45, 2.75) is 26.4 Å². The molecule has 6 nitrogen and oxygen atoms in total. The minimum atomic E-state index is 0. The lowest BCUT2D eigenvalue weighted by molar-refractivity contribution is 0.278. The molecule has 0 fully saturated rings. The predicted octanol–water partition coefficient (Wildman–Crippen LogP) is 2.96. The van der Waals surface area contributed by atoms with Crippen molar-refractivity contribution >= 4 is 29.9 Å². The van der Waals surface area contributed by atoms with Gasteiger partial charge in [0, 0.05) is 31.7 Å². The van der Waals surface area contributed by atoms with Gasteiger partial charge < -0.3 is 20.0 Å². The van der Waals surface area contributed by atoms with Crippen molar-refractivity contribution in [2.75, 3.05) is 27.2 Å². The van der Waals surface area contributed by atoms with Crippen LogP contribution in [0, 0.1) is 0 Å². The van der Waals surface area contributed by atoms with E-state index in [9.17, 15) is 0 Å². The van der Waals surface area contributed by atoms with Gasteiger partial charge in [-0.05, 0) is 33.0 Å². The van der Waals surface area contributed by atoms with Crippen LogP contribution in [0.15, 0.2) is 46.0 Å². The number of likely N-dealkylation sites (N-methyl/N-ethyl adjacent to an activating group) is 1. The third-order valence-electron chi connectivity index (χ3n) is 3.87. The summed E-state index contributed by atoms with van der Waals surface area (Å²) in [5, 5.41) is 6.55. The molecular weight excluding hydrogens is 429 g/mol. The van der Waals surface area contributed by atoms with E-state index in [1.54, 1.807) is 13.3 Å². The van der Waals surface area contributed by atoms with Crippen molar-refractivity contribution in [3.8, 4) is 11.5 Å². The highest BCUT2D eigenvalue weighted by Crippen LogP contribution is 2.17. The first kappa shape index (κ1) is 21.4. The molecule has 7 heteroatoms. The van der Waals surface area contributed by atoms with Gasteiger partial charge >= 0.3 is 0 Å². The normalized spacial score (nSPS) is 11.5. The van der Waals surface area contributed by atoms with Gasteiger partial charge in [0.05, 0.1) is 12.2 Å². The average molecular weight is 457 g/mol. The van der Waals surface area contributed by atoms with E-state index in [2.05, 4.69) is 46.4 Å². The number of hydrogen-bond acceptors (Lipinski definition) is 4. The number of oxazole rings is 1. The van der Waals surface area contributed by atoms with E-state index >= 15 is 0 Å². The Labute approximate surface area is 167 Å². The lowest BCUT2D eigenvalue weighted by Gasteiger charge is -2.21. The van der Waals surface area contributed by atoms with E-state index in [1.165, 1.54) is 0 Å². The van der Waals surface area contributed by atoms with E-state index < -0.39 is 0 Å². The van der Waals surface area contributed by atoms with Gasteiger partial charge in [0.1, 0.15) is 6.26 Å². The zero-order chi connectivity index (χ0) is 17.4. The van der Waals surface area contributed by atoms with Crippen molar-refractivity contribution in [1.82, 2.24) is 20.5 Å². The summed E-state index contributed by atoms with van der Waals surface area (Å²) in [4.78, 5) is 11.0. The first-order valence-electron chi connectivity index (χ1n) is 8.24. The quantitative estimate of drug-likeness (QED) is 0.380. The number of nitrogens with zero attached hydrogens (tertiary/aromatic N) is 3. The molecule has 0 atom stereocenters. The summed E-state index contributed by atoms with van der Waals surface area (Å²) < 4.78 is 5.54. The molecule has 1 aromatic carbocycles. The lowest BCUT2D eigenvalue weighted by Crippen LogP contribution is -2.41. The molecule has 2 N–H and O–H groups in total. The summed E-state index contributed by atoms with van der Waals surface area (Å²) in [6.07, 6.45) is 1.68. The smallest absolute Gasteiger partial charge is 0.226 e. The van der Waals surface area contributed by atoms with Crippen LogP contribution in [-0.4, -0.2) is 49.1 Å². The van der Waals surface area contributed by atoms with Gasteiger partial charge in [-0.1, -0.05) is 18.2 Å². The Morgan fingerprint density at radius 1 is 1.24 bits per heavy atom. The van der Waals surface area contributed by atoms with Gasteiger partial charge in [0.25, 0.3) is 0 Å². The maximum absolute atomic E-state index is 5.54. The maximum atomic E-state index is 5.54. The van der Waals surface area contributed by atoms with Gasteiger partial charge in [-0.25, -0.2) is 4.98 Å². The molecule has 1 aromatic heterocycles. The number of rotatable bonds is 7. The molecule has 0 spiro atoms. The highest BCUT2D eigenvalue weighted by atomic mass is 127. The zero-order valence-electron chi connectivity index (χ0n) is 15.3. The standard InChI is InChI=1S/C18H27N5O.HI/c1-14(2)23(4)11-10-20-18(19-3)21-12-16-13-24-17(22-16)15-8-6-5-7-9-15;/h5-9,13-14H,10-12H2,1-4H3,(H2,19,20,21);1H. The van der Waals surface area contributed by atoms with Crippen LogP contribution >= 0.6 is 24.0 Å². The highest BCUT2D eigenvalue weighted by Gasteiger charge is 2.07. The number of halogens is 1. The number of aromatic nitrogens is 1. The Hall–Kier alpha value is -1.61. The Bertz CT molecular complexity index is 642. The molecule has 0 unspecified atom stereocenters.